The van der Waals surface area contributed by atoms with Crippen molar-refractivity contribution < 1.29 is 9.59 Å². The number of aryl methyl sites for hydroxylation is 1. The zero-order chi connectivity index (χ0) is 21.5. The molecule has 1 unspecified atom stereocenters. The van der Waals surface area contributed by atoms with E-state index < -0.39 is 0 Å². The molecule has 2 aromatic heterocycles. The first-order valence-corrected chi connectivity index (χ1v) is 12.7. The van der Waals surface area contributed by atoms with E-state index in [0.29, 0.717) is 23.9 Å². The van der Waals surface area contributed by atoms with Crippen molar-refractivity contribution in [3.8, 4) is 0 Å². The van der Waals surface area contributed by atoms with Crippen LogP contribution in [-0.4, -0.2) is 56.9 Å². The van der Waals surface area contributed by atoms with Crippen LogP contribution < -0.4 is 5.32 Å². The molecule has 1 saturated heterocycles. The lowest BCUT2D eigenvalue weighted by Crippen LogP contribution is -2.52. The van der Waals surface area contributed by atoms with Crippen LogP contribution in [0.25, 0.3) is 0 Å². The highest BCUT2D eigenvalue weighted by molar-refractivity contribution is 7.98. The van der Waals surface area contributed by atoms with Gasteiger partial charge in [-0.25, -0.2) is 0 Å². The molecule has 2 amide bonds. The van der Waals surface area contributed by atoms with Gasteiger partial charge in [0.1, 0.15) is 11.9 Å². The summed E-state index contributed by atoms with van der Waals surface area (Å²) in [4.78, 5) is 28.0. The van der Waals surface area contributed by atoms with E-state index >= 15 is 0 Å². The molecule has 30 heavy (non-hydrogen) atoms. The SMILES string of the molecule is CSc1nnc(CCCNC(=O)C2CCCCN2C(=O)c2cccs2)n1CC(C)C. The monoisotopic (exact) mass is 449 g/mol. The van der Waals surface area contributed by atoms with Gasteiger partial charge in [0.2, 0.25) is 5.91 Å². The molecule has 3 heterocycles. The third-order valence-electron chi connectivity index (χ3n) is 5.20. The molecule has 0 aliphatic carbocycles. The summed E-state index contributed by atoms with van der Waals surface area (Å²) < 4.78 is 2.18. The molecule has 0 bridgehead atoms. The van der Waals surface area contributed by atoms with Crippen LogP contribution in [0.3, 0.4) is 0 Å². The third kappa shape index (κ3) is 5.63. The predicted octanol–water partition coefficient (Wildman–Crippen LogP) is 3.46. The van der Waals surface area contributed by atoms with Crippen LogP contribution in [0.5, 0.6) is 0 Å². The van der Waals surface area contributed by atoms with Gasteiger partial charge in [-0.3, -0.25) is 9.59 Å². The smallest absolute Gasteiger partial charge is 0.264 e. The Morgan fingerprint density at radius 1 is 1.33 bits per heavy atom. The van der Waals surface area contributed by atoms with Gasteiger partial charge < -0.3 is 14.8 Å². The minimum Gasteiger partial charge on any atom is -0.354 e. The minimum absolute atomic E-state index is 0.0313. The van der Waals surface area contributed by atoms with Gasteiger partial charge in [0, 0.05) is 26.1 Å². The first-order valence-electron chi connectivity index (χ1n) is 10.6. The number of amides is 2. The second kappa shape index (κ2) is 10.9. The molecule has 0 aromatic carbocycles. The van der Waals surface area contributed by atoms with Crippen molar-refractivity contribution in [1.82, 2.24) is 25.0 Å². The quantitative estimate of drug-likeness (QED) is 0.468. The molecule has 9 heteroatoms. The molecule has 1 atom stereocenters. The number of carbonyl (C=O) groups is 2. The molecule has 1 N–H and O–H groups in total. The van der Waals surface area contributed by atoms with E-state index in [1.165, 1.54) is 11.3 Å². The Bertz CT molecular complexity index is 835. The largest absolute Gasteiger partial charge is 0.354 e. The summed E-state index contributed by atoms with van der Waals surface area (Å²) in [6.07, 6.45) is 6.22. The molecule has 0 spiro atoms. The van der Waals surface area contributed by atoms with Crippen molar-refractivity contribution >= 4 is 34.9 Å². The number of hydrogen-bond acceptors (Lipinski definition) is 6. The second-order valence-corrected chi connectivity index (χ2v) is 9.71. The molecular weight excluding hydrogens is 418 g/mol. The number of carbonyl (C=O) groups excluding carboxylic acids is 2. The first kappa shape index (κ1) is 22.8. The summed E-state index contributed by atoms with van der Waals surface area (Å²) in [5.74, 6) is 1.40. The molecule has 1 aliphatic heterocycles. The highest BCUT2D eigenvalue weighted by atomic mass is 32.2. The Morgan fingerprint density at radius 2 is 2.17 bits per heavy atom. The molecule has 7 nitrogen and oxygen atoms in total. The average molecular weight is 450 g/mol. The summed E-state index contributed by atoms with van der Waals surface area (Å²) in [6, 6.07) is 3.32. The van der Waals surface area contributed by atoms with Gasteiger partial charge in [-0.15, -0.1) is 21.5 Å². The van der Waals surface area contributed by atoms with E-state index in [1.54, 1.807) is 16.7 Å². The van der Waals surface area contributed by atoms with Crippen LogP contribution in [0.15, 0.2) is 22.7 Å². The lowest BCUT2D eigenvalue weighted by molar-refractivity contribution is -0.126. The lowest BCUT2D eigenvalue weighted by atomic mass is 10.0. The summed E-state index contributed by atoms with van der Waals surface area (Å²) in [5.41, 5.74) is 0. The number of nitrogens with one attached hydrogen (secondary N) is 1. The van der Waals surface area contributed by atoms with E-state index in [0.717, 1.165) is 49.6 Å². The fourth-order valence-electron chi connectivity index (χ4n) is 3.77. The summed E-state index contributed by atoms with van der Waals surface area (Å²) in [5, 5.41) is 14.5. The molecule has 1 fully saturated rings. The Hall–Kier alpha value is -1.87. The van der Waals surface area contributed by atoms with Gasteiger partial charge in [0.25, 0.3) is 5.91 Å². The maximum absolute atomic E-state index is 12.8. The fourth-order valence-corrected chi connectivity index (χ4v) is 4.97. The van der Waals surface area contributed by atoms with Gasteiger partial charge in [0.15, 0.2) is 5.16 Å². The van der Waals surface area contributed by atoms with Crippen molar-refractivity contribution in [2.45, 2.75) is 63.7 Å². The van der Waals surface area contributed by atoms with Crippen LogP contribution in [0.2, 0.25) is 0 Å². The van der Waals surface area contributed by atoms with Gasteiger partial charge in [-0.05, 0) is 49.3 Å². The number of aromatic nitrogens is 3. The first-order chi connectivity index (χ1) is 14.5. The molecule has 2 aromatic rings. The Labute approximate surface area is 186 Å². The number of piperidine rings is 1. The molecule has 1 aliphatic rings. The number of thioether (sulfide) groups is 1. The van der Waals surface area contributed by atoms with E-state index in [-0.39, 0.29) is 17.9 Å². The van der Waals surface area contributed by atoms with Gasteiger partial charge in [-0.2, -0.15) is 0 Å². The van der Waals surface area contributed by atoms with E-state index in [2.05, 4.69) is 33.9 Å². The van der Waals surface area contributed by atoms with Crippen LogP contribution in [0, 0.1) is 5.92 Å². The molecule has 3 rings (SSSR count). The summed E-state index contributed by atoms with van der Waals surface area (Å²) in [6.45, 7) is 6.47. The van der Waals surface area contributed by atoms with Crippen molar-refractivity contribution in [3.05, 3.63) is 28.2 Å². The number of thiophene rings is 1. The van der Waals surface area contributed by atoms with Crippen molar-refractivity contribution in [3.63, 3.8) is 0 Å². The van der Waals surface area contributed by atoms with E-state index in [9.17, 15) is 9.59 Å². The van der Waals surface area contributed by atoms with Gasteiger partial charge in [-0.1, -0.05) is 31.7 Å². The Balaban J connectivity index is 1.53. The molecule has 0 saturated carbocycles. The van der Waals surface area contributed by atoms with Gasteiger partial charge in [0.05, 0.1) is 4.88 Å². The zero-order valence-corrected chi connectivity index (χ0v) is 19.6. The van der Waals surface area contributed by atoms with Crippen molar-refractivity contribution in [2.75, 3.05) is 19.3 Å². The number of rotatable bonds is 9. The molecule has 0 radical (unpaired) electrons. The molecular formula is C21H31N5O2S2. The minimum atomic E-state index is -0.374. The second-order valence-electron chi connectivity index (χ2n) is 7.99. The van der Waals surface area contributed by atoms with E-state index in [1.807, 2.05) is 23.8 Å². The van der Waals surface area contributed by atoms with Crippen molar-refractivity contribution in [2.24, 2.45) is 5.92 Å². The highest BCUT2D eigenvalue weighted by Gasteiger charge is 2.32. The van der Waals surface area contributed by atoms with E-state index in [4.69, 9.17) is 0 Å². The maximum atomic E-state index is 12.8. The Kier molecular flexibility index (Phi) is 8.32. The molecule has 164 valence electrons. The van der Waals surface area contributed by atoms with Crippen molar-refractivity contribution in [1.29, 1.82) is 0 Å². The van der Waals surface area contributed by atoms with Crippen LogP contribution in [0.4, 0.5) is 0 Å². The number of hydrogen-bond donors (Lipinski definition) is 1. The van der Waals surface area contributed by atoms with Crippen LogP contribution in [0.1, 0.15) is 55.0 Å². The maximum Gasteiger partial charge on any atom is 0.264 e. The summed E-state index contributed by atoms with van der Waals surface area (Å²) in [7, 11) is 0. The average Bonchev–Trinajstić information content (AvgIpc) is 3.40. The Morgan fingerprint density at radius 3 is 2.87 bits per heavy atom. The number of likely N-dealkylation sites (tertiary alicyclic amines) is 1. The summed E-state index contributed by atoms with van der Waals surface area (Å²) >= 11 is 3.03. The van der Waals surface area contributed by atoms with Gasteiger partial charge >= 0.3 is 0 Å². The lowest BCUT2D eigenvalue weighted by Gasteiger charge is -2.34. The predicted molar refractivity (Wildman–Crippen MR) is 121 cm³/mol. The fraction of sp³-hybridized carbons (Fsp3) is 0.619. The third-order valence-corrected chi connectivity index (χ3v) is 6.72. The number of nitrogens with zero attached hydrogens (tertiary/aromatic N) is 4. The zero-order valence-electron chi connectivity index (χ0n) is 18.0. The normalized spacial score (nSPS) is 16.8. The standard InChI is InChI=1S/C21H31N5O2S2/c1-15(2)14-26-18(23-24-21(26)29-3)10-6-11-22-19(27)16-8-4-5-12-25(16)20(28)17-9-7-13-30-17/h7,9,13,15-16H,4-6,8,10-12,14H2,1-3H3,(H,22,27). The van der Waals surface area contributed by atoms with Crippen LogP contribution in [-0.2, 0) is 17.8 Å². The van der Waals surface area contributed by atoms with Crippen LogP contribution >= 0.6 is 23.1 Å². The highest BCUT2D eigenvalue weighted by Crippen LogP contribution is 2.22. The topological polar surface area (TPSA) is 80.1 Å².